The van der Waals surface area contributed by atoms with E-state index in [9.17, 15) is 22.7 Å². The van der Waals surface area contributed by atoms with Crippen molar-refractivity contribution in [1.29, 1.82) is 0 Å². The second-order valence-corrected chi connectivity index (χ2v) is 11.1. The van der Waals surface area contributed by atoms with Gasteiger partial charge in [-0.25, -0.2) is 4.39 Å². The molecule has 2 unspecified atom stereocenters. The van der Waals surface area contributed by atoms with Gasteiger partial charge < -0.3 is 14.7 Å². The molecule has 0 aromatic heterocycles. The van der Waals surface area contributed by atoms with Crippen LogP contribution in [0.1, 0.15) is 82.8 Å². The number of ether oxygens (including phenoxy) is 1. The Balaban J connectivity index is 1.70. The molecule has 2 atom stereocenters. The molecule has 0 spiro atoms. The van der Waals surface area contributed by atoms with Crippen LogP contribution in [-0.2, 0) is 19.6 Å². The zero-order valence-electron chi connectivity index (χ0n) is 19.3. The number of nitrogens with zero attached hydrogens (tertiary/aromatic N) is 1. The summed E-state index contributed by atoms with van der Waals surface area (Å²) in [6.07, 6.45) is 6.54. The number of piperidine rings is 1. The van der Waals surface area contributed by atoms with Crippen molar-refractivity contribution >= 4 is 21.7 Å². The van der Waals surface area contributed by atoms with Gasteiger partial charge in [0.2, 0.25) is 5.91 Å². The molecule has 1 saturated heterocycles. The highest BCUT2D eigenvalue weighted by molar-refractivity contribution is 7.85. The number of unbranched alkanes of at least 4 members (excludes halogenated alkanes) is 1. The highest BCUT2D eigenvalue weighted by Crippen LogP contribution is 2.53. The lowest BCUT2D eigenvalue weighted by Gasteiger charge is -2.46. The zero-order valence-corrected chi connectivity index (χ0v) is 20.2. The number of rotatable bonds is 12. The number of amides is 1. The lowest BCUT2D eigenvalue weighted by Crippen LogP contribution is -2.46. The summed E-state index contributed by atoms with van der Waals surface area (Å²) in [7, 11) is -3.98. The third-order valence-electron chi connectivity index (χ3n) is 6.99. The third kappa shape index (κ3) is 6.74. The van der Waals surface area contributed by atoms with E-state index in [-0.39, 0.29) is 36.1 Å². The second kappa shape index (κ2) is 11.3. The summed E-state index contributed by atoms with van der Waals surface area (Å²) in [4.78, 5) is 14.4. The molecule has 0 radical (unpaired) electrons. The number of hydrogen-bond acceptors (Lipinski definition) is 5. The van der Waals surface area contributed by atoms with Crippen LogP contribution in [0.4, 0.5) is 10.1 Å². The normalized spacial score (nSPS) is 21.6. The lowest BCUT2D eigenvalue weighted by molar-refractivity contribution is -0.120. The number of aliphatic hydroxyl groups is 1. The minimum Gasteiger partial charge on any atom is -0.388 e. The van der Waals surface area contributed by atoms with Gasteiger partial charge in [-0.1, -0.05) is 19.8 Å². The second-order valence-electron chi connectivity index (χ2n) is 9.49. The number of halogens is 1. The molecule has 1 heterocycles. The van der Waals surface area contributed by atoms with Crippen molar-refractivity contribution in [3.8, 4) is 0 Å². The predicted molar refractivity (Wildman–Crippen MR) is 124 cm³/mol. The molecule has 1 aliphatic carbocycles. The number of hydrogen-bond donors (Lipinski definition) is 2. The van der Waals surface area contributed by atoms with Gasteiger partial charge >= 0.3 is 0 Å². The number of anilines is 1. The Morgan fingerprint density at radius 1 is 1.24 bits per heavy atom. The number of carbonyl (C=O) groups is 1. The van der Waals surface area contributed by atoms with E-state index in [0.29, 0.717) is 37.1 Å². The Labute approximate surface area is 196 Å². The summed E-state index contributed by atoms with van der Waals surface area (Å²) in [5, 5.41) is 11.1. The molecule has 2 aliphatic rings. The van der Waals surface area contributed by atoms with E-state index in [1.165, 1.54) is 12.1 Å². The van der Waals surface area contributed by atoms with E-state index in [0.717, 1.165) is 38.5 Å². The lowest BCUT2D eigenvalue weighted by atomic mass is 9.61. The monoisotopic (exact) mass is 485 g/mol. The van der Waals surface area contributed by atoms with Crippen LogP contribution in [0.15, 0.2) is 18.2 Å². The van der Waals surface area contributed by atoms with Gasteiger partial charge in [0.25, 0.3) is 10.1 Å². The van der Waals surface area contributed by atoms with Gasteiger partial charge in [0.05, 0.1) is 24.5 Å². The van der Waals surface area contributed by atoms with Crippen molar-refractivity contribution in [2.45, 2.75) is 83.3 Å². The fraction of sp³-hybridized carbons (Fsp3) is 0.708. The quantitative estimate of drug-likeness (QED) is 0.336. The van der Waals surface area contributed by atoms with Crippen LogP contribution in [0.2, 0.25) is 0 Å². The zero-order chi connectivity index (χ0) is 24.1. The van der Waals surface area contributed by atoms with Gasteiger partial charge in [-0.05, 0) is 68.7 Å². The standard InChI is InChI=1S/C24H36FNO6S/c1-2-9-24(10-6-11-24)23(28)18-14-19(25)16-21(15-18)26-20(7-5-8-22(26)27)17-32-12-3-4-13-33(29,30)31/h14-16,20,23,28H,2-13,17H2,1H3,(H,29,30,31). The van der Waals surface area contributed by atoms with E-state index in [2.05, 4.69) is 6.92 Å². The van der Waals surface area contributed by atoms with Crippen LogP contribution in [0.5, 0.6) is 0 Å². The van der Waals surface area contributed by atoms with Crippen molar-refractivity contribution in [2.75, 3.05) is 23.9 Å². The summed E-state index contributed by atoms with van der Waals surface area (Å²) < 4.78 is 50.7. The summed E-state index contributed by atoms with van der Waals surface area (Å²) in [5.74, 6) is -0.881. The first-order valence-electron chi connectivity index (χ1n) is 12.0. The molecule has 1 aromatic carbocycles. The average Bonchev–Trinajstić information content (AvgIpc) is 2.71. The largest absolute Gasteiger partial charge is 0.388 e. The van der Waals surface area contributed by atoms with Crippen molar-refractivity contribution < 1.29 is 32.0 Å². The molecular weight excluding hydrogens is 449 g/mol. The minimum absolute atomic E-state index is 0.0980. The molecular formula is C24H36FNO6S. The minimum atomic E-state index is -3.98. The summed E-state index contributed by atoms with van der Waals surface area (Å²) in [5.41, 5.74) is 0.747. The first-order chi connectivity index (χ1) is 15.6. The number of benzene rings is 1. The number of carbonyl (C=O) groups excluding carboxylic acids is 1. The Morgan fingerprint density at radius 3 is 2.64 bits per heavy atom. The summed E-state index contributed by atoms with van der Waals surface area (Å²) >= 11 is 0. The van der Waals surface area contributed by atoms with Gasteiger partial charge in [-0.2, -0.15) is 8.42 Å². The van der Waals surface area contributed by atoms with Crippen molar-refractivity contribution in [3.63, 3.8) is 0 Å². The van der Waals surface area contributed by atoms with Crippen molar-refractivity contribution in [2.24, 2.45) is 5.41 Å². The van der Waals surface area contributed by atoms with Crippen LogP contribution < -0.4 is 4.90 Å². The Hall–Kier alpha value is -1.55. The maximum atomic E-state index is 14.6. The van der Waals surface area contributed by atoms with Gasteiger partial charge in [0, 0.05) is 24.1 Å². The van der Waals surface area contributed by atoms with E-state index in [1.54, 1.807) is 11.0 Å². The van der Waals surface area contributed by atoms with Crippen LogP contribution in [0.3, 0.4) is 0 Å². The molecule has 9 heteroatoms. The fourth-order valence-electron chi connectivity index (χ4n) is 5.20. The molecule has 7 nitrogen and oxygen atoms in total. The molecule has 1 aromatic rings. The fourth-order valence-corrected chi connectivity index (χ4v) is 5.77. The van der Waals surface area contributed by atoms with Crippen LogP contribution in [0.25, 0.3) is 0 Å². The molecule has 186 valence electrons. The topological polar surface area (TPSA) is 104 Å². The van der Waals surface area contributed by atoms with Gasteiger partial charge in [-0.15, -0.1) is 0 Å². The molecule has 2 N–H and O–H groups in total. The summed E-state index contributed by atoms with van der Waals surface area (Å²) in [6.45, 7) is 2.65. The van der Waals surface area contributed by atoms with E-state index >= 15 is 0 Å². The molecule has 2 fully saturated rings. The average molecular weight is 486 g/mol. The molecule has 33 heavy (non-hydrogen) atoms. The SMILES string of the molecule is CCCC1(C(O)c2cc(F)cc(N3C(=O)CCCC3COCCCCS(=O)(=O)O)c2)CCC1. The van der Waals surface area contributed by atoms with Crippen LogP contribution in [0, 0.1) is 11.2 Å². The maximum Gasteiger partial charge on any atom is 0.264 e. The first kappa shape index (κ1) is 26.1. The van der Waals surface area contributed by atoms with Crippen LogP contribution >= 0.6 is 0 Å². The van der Waals surface area contributed by atoms with Crippen molar-refractivity contribution in [1.82, 2.24) is 0 Å². The smallest absolute Gasteiger partial charge is 0.264 e. The Bertz CT molecular complexity index is 918. The van der Waals surface area contributed by atoms with E-state index < -0.39 is 22.0 Å². The van der Waals surface area contributed by atoms with Crippen molar-refractivity contribution in [3.05, 3.63) is 29.6 Å². The molecule has 1 aliphatic heterocycles. The van der Waals surface area contributed by atoms with E-state index in [1.807, 2.05) is 0 Å². The highest BCUT2D eigenvalue weighted by Gasteiger charge is 2.43. The first-order valence-corrected chi connectivity index (χ1v) is 13.6. The highest BCUT2D eigenvalue weighted by atomic mass is 32.2. The van der Waals surface area contributed by atoms with Gasteiger partial charge in [-0.3, -0.25) is 9.35 Å². The van der Waals surface area contributed by atoms with Gasteiger partial charge in [0.1, 0.15) is 5.82 Å². The molecule has 3 rings (SSSR count). The molecule has 1 amide bonds. The molecule has 1 saturated carbocycles. The molecule has 0 bridgehead atoms. The van der Waals surface area contributed by atoms with Gasteiger partial charge in [0.15, 0.2) is 0 Å². The maximum absolute atomic E-state index is 14.6. The Morgan fingerprint density at radius 2 is 2.00 bits per heavy atom. The number of aliphatic hydroxyl groups excluding tert-OH is 1. The van der Waals surface area contributed by atoms with Crippen LogP contribution in [-0.4, -0.2) is 49.0 Å². The predicted octanol–water partition coefficient (Wildman–Crippen LogP) is 4.40. The van der Waals surface area contributed by atoms with E-state index in [4.69, 9.17) is 9.29 Å². The third-order valence-corrected chi connectivity index (χ3v) is 7.79. The summed E-state index contributed by atoms with van der Waals surface area (Å²) in [6, 6.07) is 4.20. The Kier molecular flexibility index (Phi) is 8.89.